The van der Waals surface area contributed by atoms with Gasteiger partial charge in [-0.3, -0.25) is 14.7 Å². The molecule has 1 aliphatic heterocycles. The number of benzene rings is 3. The van der Waals surface area contributed by atoms with Crippen molar-refractivity contribution in [1.29, 1.82) is 0 Å². The van der Waals surface area contributed by atoms with E-state index in [1.54, 1.807) is 42.5 Å². The van der Waals surface area contributed by atoms with Crippen LogP contribution in [0.2, 0.25) is 0 Å². The van der Waals surface area contributed by atoms with Gasteiger partial charge in [-0.1, -0.05) is 48.5 Å². The summed E-state index contributed by atoms with van der Waals surface area (Å²) in [5, 5.41) is 22.5. The van der Waals surface area contributed by atoms with Gasteiger partial charge in [0.25, 0.3) is 5.56 Å². The number of carbonyl (C=O) groups is 1. The first-order chi connectivity index (χ1) is 17.5. The Bertz CT molecular complexity index is 1500. The van der Waals surface area contributed by atoms with Gasteiger partial charge in [0.1, 0.15) is 23.5 Å². The second kappa shape index (κ2) is 10.2. The summed E-state index contributed by atoms with van der Waals surface area (Å²) in [7, 11) is 0. The minimum absolute atomic E-state index is 0.119. The maximum atomic E-state index is 12.2. The van der Waals surface area contributed by atoms with E-state index in [-0.39, 0.29) is 23.2 Å². The molecule has 1 aliphatic rings. The SMILES string of the molecule is Cc1[nH]n(-c2ccccc2)c(=O)c1C(=O)CC(F)(F)F.Oc1ccccc1C1c2cccc(c2O)[N]1[Al]. The topological polar surface area (TPSA) is 98.6 Å². The minimum atomic E-state index is -4.63. The number of para-hydroxylation sites is 3. The first-order valence-corrected chi connectivity index (χ1v) is 11.6. The van der Waals surface area contributed by atoms with Crippen molar-refractivity contribution in [2.75, 3.05) is 3.88 Å². The maximum absolute atomic E-state index is 12.2. The van der Waals surface area contributed by atoms with Crippen LogP contribution in [0.4, 0.5) is 18.9 Å². The predicted octanol–water partition coefficient (Wildman–Crippen LogP) is 4.70. The lowest BCUT2D eigenvalue weighted by Gasteiger charge is -2.25. The Morgan fingerprint density at radius 1 is 0.973 bits per heavy atom. The van der Waals surface area contributed by atoms with Crippen molar-refractivity contribution in [1.82, 2.24) is 9.78 Å². The number of anilines is 1. The number of ketones is 1. The van der Waals surface area contributed by atoms with Crippen LogP contribution in [-0.4, -0.2) is 48.5 Å². The molecule has 188 valence electrons. The summed E-state index contributed by atoms with van der Waals surface area (Å²) in [5.74, 6) is -0.700. The monoisotopic (exact) mass is 523 g/mol. The van der Waals surface area contributed by atoms with Crippen molar-refractivity contribution < 1.29 is 28.2 Å². The largest absolute Gasteiger partial charge is 0.508 e. The van der Waals surface area contributed by atoms with Crippen molar-refractivity contribution in [3.63, 3.8) is 0 Å². The molecule has 37 heavy (non-hydrogen) atoms. The highest BCUT2D eigenvalue weighted by Crippen LogP contribution is 2.49. The van der Waals surface area contributed by atoms with E-state index in [1.165, 1.54) is 6.92 Å². The van der Waals surface area contributed by atoms with Crippen LogP contribution in [0.5, 0.6) is 11.5 Å². The number of aromatic hydroxyl groups is 2. The first-order valence-electron chi connectivity index (χ1n) is 11.1. The number of phenolic OH excluding ortho intramolecular Hbond substituents is 2. The van der Waals surface area contributed by atoms with E-state index >= 15 is 0 Å². The van der Waals surface area contributed by atoms with E-state index in [4.69, 9.17) is 0 Å². The summed E-state index contributed by atoms with van der Waals surface area (Å²) in [4.78, 5) is 23.7. The van der Waals surface area contributed by atoms with Crippen molar-refractivity contribution >= 4 is 28.0 Å². The van der Waals surface area contributed by atoms with Gasteiger partial charge in [0.05, 0.1) is 17.4 Å². The van der Waals surface area contributed by atoms with Crippen LogP contribution in [0, 0.1) is 6.92 Å². The summed E-state index contributed by atoms with van der Waals surface area (Å²) in [5.41, 5.74) is 1.72. The molecule has 2 heterocycles. The minimum Gasteiger partial charge on any atom is -0.508 e. The van der Waals surface area contributed by atoms with Gasteiger partial charge in [0.15, 0.2) is 5.78 Å². The third-order valence-corrected chi connectivity index (χ3v) is 6.43. The van der Waals surface area contributed by atoms with Crippen molar-refractivity contribution in [3.8, 4) is 17.2 Å². The number of H-pyrrole nitrogens is 1. The van der Waals surface area contributed by atoms with Gasteiger partial charge in [-0.25, -0.2) is 4.68 Å². The summed E-state index contributed by atoms with van der Waals surface area (Å²) in [6.45, 7) is 1.39. The number of Topliss-reactive ketones (excluding diaryl/α,β-unsaturated/α-hetero) is 1. The normalized spacial score (nSPS) is 14.3. The fourth-order valence-corrected chi connectivity index (χ4v) is 4.74. The predicted molar refractivity (Wildman–Crippen MR) is 132 cm³/mol. The molecule has 11 heteroatoms. The van der Waals surface area contributed by atoms with Crippen LogP contribution in [-0.2, 0) is 0 Å². The van der Waals surface area contributed by atoms with Crippen LogP contribution in [0.15, 0.2) is 77.6 Å². The highest BCUT2D eigenvalue weighted by atomic mass is 27.1. The number of alkyl halides is 3. The lowest BCUT2D eigenvalue weighted by atomic mass is 10.0. The Balaban J connectivity index is 0.000000175. The number of carbonyl (C=O) groups excluding carboxylic acids is 1. The zero-order chi connectivity index (χ0) is 26.9. The zero-order valence-corrected chi connectivity index (χ0v) is 20.7. The van der Waals surface area contributed by atoms with Crippen LogP contribution >= 0.6 is 0 Å². The van der Waals surface area contributed by atoms with Crippen molar-refractivity contribution in [2.45, 2.75) is 25.6 Å². The second-order valence-corrected chi connectivity index (χ2v) is 8.94. The first kappa shape index (κ1) is 26.1. The molecule has 0 aliphatic carbocycles. The van der Waals surface area contributed by atoms with Crippen molar-refractivity contribution in [3.05, 3.63) is 106 Å². The molecule has 3 aromatic carbocycles. The van der Waals surface area contributed by atoms with Crippen LogP contribution in [0.3, 0.4) is 0 Å². The highest BCUT2D eigenvalue weighted by molar-refractivity contribution is 6.20. The number of hydrogen-bond acceptors (Lipinski definition) is 5. The maximum Gasteiger partial charge on any atom is 0.396 e. The van der Waals surface area contributed by atoms with E-state index in [9.17, 15) is 33.0 Å². The summed E-state index contributed by atoms with van der Waals surface area (Å²) in [6, 6.07) is 21.0. The molecule has 0 spiro atoms. The van der Waals surface area contributed by atoms with Gasteiger partial charge in [0, 0.05) is 16.8 Å². The van der Waals surface area contributed by atoms with Gasteiger partial charge >= 0.3 is 22.7 Å². The number of phenols is 2. The van der Waals surface area contributed by atoms with Gasteiger partial charge in [-0.05, 0) is 31.2 Å². The van der Waals surface area contributed by atoms with Crippen LogP contribution < -0.4 is 9.44 Å². The highest BCUT2D eigenvalue weighted by Gasteiger charge is 2.34. The second-order valence-electron chi connectivity index (χ2n) is 8.39. The molecule has 0 amide bonds. The number of aromatic nitrogens is 2. The Kier molecular flexibility index (Phi) is 7.21. The lowest BCUT2D eigenvalue weighted by Crippen LogP contribution is -2.23. The van der Waals surface area contributed by atoms with Gasteiger partial charge < -0.3 is 14.1 Å². The zero-order valence-electron chi connectivity index (χ0n) is 19.5. The molecule has 2 radical (unpaired) electrons. The molecule has 4 aromatic rings. The molecule has 0 fully saturated rings. The Morgan fingerprint density at radius 2 is 1.59 bits per heavy atom. The van der Waals surface area contributed by atoms with Crippen LogP contribution in [0.1, 0.15) is 39.6 Å². The standard InChI is InChI=1S/C13H11F3N2O2.C13H10NO2.Al/c1-8-11(10(19)7-13(14,15)16)12(20)18(17-8)9-5-3-2-4-6-9;15-11-7-2-1-4-8(11)12-9-5-3-6-10(14-12)13(9)16;/h2-6,17H,7H2,1H3;1-7,12,15-16H;/q;-1;+1. The Labute approximate surface area is 218 Å². The fraction of sp³-hybridized carbons (Fsp3) is 0.154. The molecule has 1 atom stereocenters. The number of aryl methyl sites for hydroxylation is 1. The lowest BCUT2D eigenvalue weighted by molar-refractivity contribution is -0.125. The number of nitrogens with one attached hydrogen (secondary N) is 1. The number of halogens is 3. The molecule has 1 unspecified atom stereocenters. The van der Waals surface area contributed by atoms with E-state index in [0.717, 1.165) is 21.5 Å². The smallest absolute Gasteiger partial charge is 0.396 e. The molecular weight excluding hydrogens is 502 g/mol. The van der Waals surface area contributed by atoms with Crippen LogP contribution in [0.25, 0.3) is 5.69 Å². The molecule has 3 N–H and O–H groups in total. The number of fused-ring (bicyclic) bond motifs is 2. The van der Waals surface area contributed by atoms with E-state index in [0.29, 0.717) is 5.69 Å². The molecular formula is C26H21AlF3N3O4. The summed E-state index contributed by atoms with van der Waals surface area (Å²) >= 11 is 2.59. The average Bonchev–Trinajstić information content (AvgIpc) is 3.18. The third kappa shape index (κ3) is 5.28. The fourth-order valence-electron chi connectivity index (χ4n) is 4.21. The molecule has 5 rings (SSSR count). The number of nitrogens with zero attached hydrogens (tertiary/aromatic N) is 2. The molecule has 0 saturated carbocycles. The number of aromatic amines is 1. The van der Waals surface area contributed by atoms with E-state index in [1.807, 2.05) is 34.2 Å². The molecule has 1 aromatic heterocycles. The van der Waals surface area contributed by atoms with E-state index < -0.39 is 29.5 Å². The Hall–Kier alpha value is -3.94. The van der Waals surface area contributed by atoms with Gasteiger partial charge in [-0.15, -0.1) is 0 Å². The number of hydrogen-bond donors (Lipinski definition) is 3. The van der Waals surface area contributed by atoms with Crippen molar-refractivity contribution in [2.24, 2.45) is 0 Å². The number of rotatable bonds is 4. The van der Waals surface area contributed by atoms with E-state index in [2.05, 4.69) is 21.6 Å². The van der Waals surface area contributed by atoms with Gasteiger partial charge in [0.2, 0.25) is 0 Å². The van der Waals surface area contributed by atoms with Gasteiger partial charge in [-0.2, -0.15) is 13.2 Å². The average molecular weight is 523 g/mol. The third-order valence-electron chi connectivity index (χ3n) is 5.85. The molecule has 7 nitrogen and oxygen atoms in total. The Morgan fingerprint density at radius 3 is 2.22 bits per heavy atom. The summed E-state index contributed by atoms with van der Waals surface area (Å²) < 4.78 is 39.7. The molecule has 0 saturated heterocycles. The summed E-state index contributed by atoms with van der Waals surface area (Å²) in [6.07, 6.45) is -6.28. The molecule has 2 bridgehead atoms. The quantitative estimate of drug-likeness (QED) is 0.266.